The zero-order valence-electron chi connectivity index (χ0n) is 16.9. The van der Waals surface area contributed by atoms with Crippen LogP contribution in [0.15, 0.2) is 76.1 Å². The first-order chi connectivity index (χ1) is 15.4. The SMILES string of the molecule is Cc1cc(Cl)ccc1NC(=O)COc1ccc2c(=O)c(Oc3ccccc3Cl)coc2c1. The molecule has 0 unspecified atom stereocenters. The van der Waals surface area contributed by atoms with Crippen LogP contribution in [0.4, 0.5) is 5.69 Å². The van der Waals surface area contributed by atoms with Crippen LogP contribution >= 0.6 is 23.2 Å². The van der Waals surface area contributed by atoms with E-state index in [1.807, 2.05) is 6.92 Å². The molecule has 8 heteroatoms. The van der Waals surface area contributed by atoms with E-state index in [1.165, 1.54) is 12.3 Å². The van der Waals surface area contributed by atoms with Gasteiger partial charge >= 0.3 is 0 Å². The Bertz CT molecular complexity index is 1370. The van der Waals surface area contributed by atoms with Gasteiger partial charge in [0.15, 0.2) is 6.61 Å². The first-order valence-corrected chi connectivity index (χ1v) is 10.3. The lowest BCUT2D eigenvalue weighted by Crippen LogP contribution is -2.20. The van der Waals surface area contributed by atoms with Crippen molar-refractivity contribution in [1.29, 1.82) is 0 Å². The Kier molecular flexibility index (Phi) is 6.35. The zero-order valence-corrected chi connectivity index (χ0v) is 18.4. The average molecular weight is 470 g/mol. The van der Waals surface area contributed by atoms with Crippen molar-refractivity contribution in [2.75, 3.05) is 11.9 Å². The van der Waals surface area contributed by atoms with E-state index in [1.54, 1.807) is 54.6 Å². The zero-order chi connectivity index (χ0) is 22.7. The number of anilines is 1. The molecular formula is C24H17Cl2NO5. The van der Waals surface area contributed by atoms with Gasteiger partial charge in [0, 0.05) is 16.8 Å². The van der Waals surface area contributed by atoms with Gasteiger partial charge in [0.05, 0.1) is 10.4 Å². The highest BCUT2D eigenvalue weighted by molar-refractivity contribution is 6.32. The molecule has 1 aromatic heterocycles. The van der Waals surface area contributed by atoms with E-state index in [9.17, 15) is 9.59 Å². The van der Waals surface area contributed by atoms with Crippen LogP contribution in [0.2, 0.25) is 10.0 Å². The van der Waals surface area contributed by atoms with Crippen molar-refractivity contribution < 1.29 is 18.7 Å². The molecule has 0 atom stereocenters. The topological polar surface area (TPSA) is 77.8 Å². The van der Waals surface area contributed by atoms with Crippen molar-refractivity contribution in [3.8, 4) is 17.2 Å². The smallest absolute Gasteiger partial charge is 0.262 e. The van der Waals surface area contributed by atoms with E-state index < -0.39 is 0 Å². The van der Waals surface area contributed by atoms with Gasteiger partial charge in [0.1, 0.15) is 23.3 Å². The van der Waals surface area contributed by atoms with Gasteiger partial charge in [-0.3, -0.25) is 9.59 Å². The molecule has 3 aromatic carbocycles. The molecule has 1 N–H and O–H groups in total. The Hall–Kier alpha value is -3.48. The molecule has 32 heavy (non-hydrogen) atoms. The molecule has 1 amide bonds. The molecule has 0 spiro atoms. The van der Waals surface area contributed by atoms with Gasteiger partial charge in [-0.25, -0.2) is 0 Å². The first-order valence-electron chi connectivity index (χ1n) is 9.57. The average Bonchev–Trinajstić information content (AvgIpc) is 2.77. The molecule has 0 aliphatic heterocycles. The number of ether oxygens (including phenoxy) is 2. The molecule has 4 rings (SSSR count). The van der Waals surface area contributed by atoms with Crippen molar-refractivity contribution in [3.05, 3.63) is 92.8 Å². The van der Waals surface area contributed by atoms with Gasteiger partial charge in [-0.2, -0.15) is 0 Å². The molecule has 0 saturated heterocycles. The normalized spacial score (nSPS) is 10.7. The van der Waals surface area contributed by atoms with Crippen LogP contribution in [-0.4, -0.2) is 12.5 Å². The second kappa shape index (κ2) is 9.34. The summed E-state index contributed by atoms with van der Waals surface area (Å²) in [5.74, 6) is 0.406. The summed E-state index contributed by atoms with van der Waals surface area (Å²) in [4.78, 5) is 25.0. The number of aryl methyl sites for hydroxylation is 1. The highest BCUT2D eigenvalue weighted by Gasteiger charge is 2.12. The second-order valence-electron chi connectivity index (χ2n) is 6.92. The monoisotopic (exact) mass is 469 g/mol. The third kappa shape index (κ3) is 4.88. The van der Waals surface area contributed by atoms with E-state index in [2.05, 4.69) is 5.32 Å². The largest absolute Gasteiger partial charge is 0.484 e. The highest BCUT2D eigenvalue weighted by Crippen LogP contribution is 2.29. The number of hydrogen-bond acceptors (Lipinski definition) is 5. The molecular weight excluding hydrogens is 453 g/mol. The summed E-state index contributed by atoms with van der Waals surface area (Å²) in [6.07, 6.45) is 1.22. The third-order valence-electron chi connectivity index (χ3n) is 4.60. The van der Waals surface area contributed by atoms with E-state index >= 15 is 0 Å². The standard InChI is InChI=1S/C24H17Cl2NO5/c1-14-10-15(25)6-9-19(14)27-23(28)13-30-16-7-8-17-21(11-16)31-12-22(24(17)29)32-20-5-3-2-4-18(20)26/h2-12H,13H2,1H3,(H,27,28). The number of hydrogen-bond donors (Lipinski definition) is 1. The number of carbonyl (C=O) groups excluding carboxylic acids is 1. The molecule has 162 valence electrons. The Labute approximate surface area is 193 Å². The quantitative estimate of drug-likeness (QED) is 0.362. The minimum atomic E-state index is -0.353. The minimum absolute atomic E-state index is 0.0111. The maximum absolute atomic E-state index is 12.7. The molecule has 0 radical (unpaired) electrons. The Morgan fingerprint density at radius 3 is 2.62 bits per heavy atom. The van der Waals surface area contributed by atoms with Crippen molar-refractivity contribution in [2.24, 2.45) is 0 Å². The Morgan fingerprint density at radius 2 is 1.84 bits per heavy atom. The van der Waals surface area contributed by atoms with Gasteiger partial charge in [-0.05, 0) is 55.0 Å². The van der Waals surface area contributed by atoms with Crippen LogP contribution in [0.1, 0.15) is 5.56 Å². The van der Waals surface area contributed by atoms with Crippen molar-refractivity contribution in [1.82, 2.24) is 0 Å². The van der Waals surface area contributed by atoms with Crippen molar-refractivity contribution in [3.63, 3.8) is 0 Å². The number of halogens is 2. The third-order valence-corrected chi connectivity index (χ3v) is 5.15. The number of rotatable bonds is 6. The van der Waals surface area contributed by atoms with Gasteiger partial charge in [0.2, 0.25) is 11.2 Å². The molecule has 0 aliphatic rings. The molecule has 6 nitrogen and oxygen atoms in total. The lowest BCUT2D eigenvalue weighted by molar-refractivity contribution is -0.118. The van der Waals surface area contributed by atoms with Gasteiger partial charge in [-0.1, -0.05) is 35.3 Å². The van der Waals surface area contributed by atoms with E-state index in [4.69, 9.17) is 37.1 Å². The summed E-state index contributed by atoms with van der Waals surface area (Å²) in [6, 6.07) is 16.7. The first kappa shape index (κ1) is 21.7. The van der Waals surface area contributed by atoms with Gasteiger partial charge in [0.25, 0.3) is 5.91 Å². The summed E-state index contributed by atoms with van der Waals surface area (Å²) in [6.45, 7) is 1.63. The predicted molar refractivity (Wildman–Crippen MR) is 124 cm³/mol. The summed E-state index contributed by atoms with van der Waals surface area (Å²) in [5.41, 5.74) is 1.44. The Morgan fingerprint density at radius 1 is 1.03 bits per heavy atom. The van der Waals surface area contributed by atoms with Crippen LogP contribution in [0.3, 0.4) is 0 Å². The molecule has 0 aliphatic carbocycles. The molecule has 4 aromatic rings. The van der Waals surface area contributed by atoms with Crippen LogP contribution in [0, 0.1) is 6.92 Å². The number of carbonyl (C=O) groups is 1. The lowest BCUT2D eigenvalue weighted by Gasteiger charge is -2.10. The van der Waals surface area contributed by atoms with Crippen LogP contribution in [-0.2, 0) is 4.79 Å². The molecule has 0 bridgehead atoms. The Balaban J connectivity index is 1.46. The number of fused-ring (bicyclic) bond motifs is 1. The van der Waals surface area contributed by atoms with Crippen LogP contribution in [0.25, 0.3) is 11.0 Å². The second-order valence-corrected chi connectivity index (χ2v) is 7.76. The highest BCUT2D eigenvalue weighted by atomic mass is 35.5. The van der Waals surface area contributed by atoms with Crippen LogP contribution in [0.5, 0.6) is 17.2 Å². The maximum Gasteiger partial charge on any atom is 0.262 e. The maximum atomic E-state index is 12.7. The number of benzene rings is 3. The fourth-order valence-electron chi connectivity index (χ4n) is 3.00. The molecule has 0 saturated carbocycles. The fourth-order valence-corrected chi connectivity index (χ4v) is 3.40. The number of para-hydroxylation sites is 1. The predicted octanol–water partition coefficient (Wildman–Crippen LogP) is 6.22. The van der Waals surface area contributed by atoms with E-state index in [-0.39, 0.29) is 23.7 Å². The number of nitrogens with one attached hydrogen (secondary N) is 1. The van der Waals surface area contributed by atoms with Gasteiger partial charge < -0.3 is 19.2 Å². The van der Waals surface area contributed by atoms with E-state index in [0.29, 0.717) is 38.2 Å². The molecule has 1 heterocycles. The summed E-state index contributed by atoms with van der Waals surface area (Å²) >= 11 is 12.0. The summed E-state index contributed by atoms with van der Waals surface area (Å²) in [5, 5.41) is 4.04. The minimum Gasteiger partial charge on any atom is -0.484 e. The van der Waals surface area contributed by atoms with Gasteiger partial charge in [-0.15, -0.1) is 0 Å². The van der Waals surface area contributed by atoms with Crippen molar-refractivity contribution >= 4 is 45.8 Å². The van der Waals surface area contributed by atoms with E-state index in [0.717, 1.165) is 5.56 Å². The summed E-state index contributed by atoms with van der Waals surface area (Å²) in [7, 11) is 0. The van der Waals surface area contributed by atoms with Crippen LogP contribution < -0.4 is 20.2 Å². The summed E-state index contributed by atoms with van der Waals surface area (Å²) < 4.78 is 16.7. The molecule has 0 fully saturated rings. The lowest BCUT2D eigenvalue weighted by atomic mass is 10.2. The van der Waals surface area contributed by atoms with Crippen molar-refractivity contribution in [2.45, 2.75) is 6.92 Å². The number of amides is 1. The fraction of sp³-hybridized carbons (Fsp3) is 0.0833.